The Morgan fingerprint density at radius 3 is 2.67 bits per heavy atom. The number of nitrogens with two attached hydrogens (primary N) is 1. The van der Waals surface area contributed by atoms with Gasteiger partial charge in [-0.25, -0.2) is 4.39 Å². The van der Waals surface area contributed by atoms with E-state index in [1.165, 1.54) is 12.1 Å². The van der Waals surface area contributed by atoms with E-state index in [-0.39, 0.29) is 5.56 Å². The van der Waals surface area contributed by atoms with Gasteiger partial charge in [0.1, 0.15) is 23.4 Å². The van der Waals surface area contributed by atoms with Crippen molar-refractivity contribution in [2.75, 3.05) is 5.73 Å². The van der Waals surface area contributed by atoms with Gasteiger partial charge in [0.25, 0.3) is 0 Å². The van der Waals surface area contributed by atoms with E-state index in [4.69, 9.17) is 15.7 Å². The van der Waals surface area contributed by atoms with E-state index in [0.29, 0.717) is 17.2 Å². The monoisotopic (exact) mass is 242 g/mol. The maximum absolute atomic E-state index is 13.0. The maximum Gasteiger partial charge on any atom is 0.145 e. The van der Waals surface area contributed by atoms with Gasteiger partial charge in [-0.05, 0) is 36.8 Å². The molecule has 0 spiro atoms. The standard InChI is InChI=1S/C14H11FN2O/c1-9-2-4-12(7-13(9)17)18-14-5-3-11(15)6-10(14)8-16/h2-7H,17H2,1H3. The molecule has 0 saturated carbocycles. The van der Waals surface area contributed by atoms with Gasteiger partial charge in [-0.3, -0.25) is 0 Å². The van der Waals surface area contributed by atoms with Gasteiger partial charge < -0.3 is 10.5 Å². The number of nitrogens with zero attached hydrogens (tertiary/aromatic N) is 1. The molecule has 0 radical (unpaired) electrons. The lowest BCUT2D eigenvalue weighted by Gasteiger charge is -2.09. The zero-order chi connectivity index (χ0) is 13.1. The van der Waals surface area contributed by atoms with E-state index in [2.05, 4.69) is 0 Å². The van der Waals surface area contributed by atoms with Crippen LogP contribution in [0.2, 0.25) is 0 Å². The molecular formula is C14H11FN2O. The molecule has 0 saturated heterocycles. The van der Waals surface area contributed by atoms with E-state index in [1.54, 1.807) is 12.1 Å². The third kappa shape index (κ3) is 2.41. The van der Waals surface area contributed by atoms with E-state index >= 15 is 0 Å². The molecule has 0 aromatic heterocycles. The number of benzene rings is 2. The van der Waals surface area contributed by atoms with Gasteiger partial charge in [0.15, 0.2) is 0 Å². The smallest absolute Gasteiger partial charge is 0.145 e. The molecule has 0 heterocycles. The molecule has 0 amide bonds. The summed E-state index contributed by atoms with van der Waals surface area (Å²) >= 11 is 0. The Balaban J connectivity index is 2.34. The maximum atomic E-state index is 13.0. The fourth-order valence-corrected chi connectivity index (χ4v) is 1.49. The molecule has 0 aliphatic rings. The van der Waals surface area contributed by atoms with Crippen LogP contribution in [-0.4, -0.2) is 0 Å². The molecular weight excluding hydrogens is 231 g/mol. The lowest BCUT2D eigenvalue weighted by Crippen LogP contribution is -1.93. The number of nitrogen functional groups attached to an aromatic ring is 1. The summed E-state index contributed by atoms with van der Waals surface area (Å²) in [6, 6.07) is 10.9. The highest BCUT2D eigenvalue weighted by molar-refractivity contribution is 5.52. The Labute approximate surface area is 104 Å². The second-order valence-corrected chi connectivity index (χ2v) is 3.87. The molecule has 0 fully saturated rings. The van der Waals surface area contributed by atoms with Crippen molar-refractivity contribution in [2.45, 2.75) is 6.92 Å². The van der Waals surface area contributed by atoms with E-state index in [9.17, 15) is 4.39 Å². The van der Waals surface area contributed by atoms with Crippen molar-refractivity contribution in [3.05, 3.63) is 53.3 Å². The molecule has 2 N–H and O–H groups in total. The average molecular weight is 242 g/mol. The van der Waals surface area contributed by atoms with Crippen LogP contribution in [0.3, 0.4) is 0 Å². The highest BCUT2D eigenvalue weighted by Gasteiger charge is 2.06. The number of hydrogen-bond donors (Lipinski definition) is 1. The SMILES string of the molecule is Cc1ccc(Oc2ccc(F)cc2C#N)cc1N. The normalized spacial score (nSPS) is 9.83. The van der Waals surface area contributed by atoms with Gasteiger partial charge >= 0.3 is 0 Å². The Morgan fingerprint density at radius 2 is 2.00 bits per heavy atom. The van der Waals surface area contributed by atoms with Crippen molar-refractivity contribution in [3.8, 4) is 17.6 Å². The Kier molecular flexibility index (Phi) is 3.16. The molecule has 18 heavy (non-hydrogen) atoms. The minimum Gasteiger partial charge on any atom is -0.456 e. The molecule has 2 aromatic rings. The second kappa shape index (κ2) is 4.76. The van der Waals surface area contributed by atoms with Crippen LogP contribution in [0.5, 0.6) is 11.5 Å². The van der Waals surface area contributed by atoms with Crippen LogP contribution in [-0.2, 0) is 0 Å². The van der Waals surface area contributed by atoms with Gasteiger partial charge in [-0.2, -0.15) is 5.26 Å². The summed E-state index contributed by atoms with van der Waals surface area (Å²) in [5, 5.41) is 8.90. The van der Waals surface area contributed by atoms with Crippen molar-refractivity contribution in [1.29, 1.82) is 5.26 Å². The zero-order valence-corrected chi connectivity index (χ0v) is 9.77. The van der Waals surface area contributed by atoms with Gasteiger partial charge in [0, 0.05) is 11.8 Å². The first kappa shape index (κ1) is 11.9. The van der Waals surface area contributed by atoms with Crippen molar-refractivity contribution in [1.82, 2.24) is 0 Å². The first-order chi connectivity index (χ1) is 8.60. The van der Waals surface area contributed by atoms with Gasteiger partial charge in [-0.1, -0.05) is 6.07 Å². The molecule has 0 atom stereocenters. The minimum absolute atomic E-state index is 0.147. The number of nitriles is 1. The third-order valence-electron chi connectivity index (χ3n) is 2.54. The Hall–Kier alpha value is -2.54. The average Bonchev–Trinajstić information content (AvgIpc) is 2.36. The highest BCUT2D eigenvalue weighted by atomic mass is 19.1. The van der Waals surface area contributed by atoms with Crippen molar-refractivity contribution in [3.63, 3.8) is 0 Å². The minimum atomic E-state index is -0.470. The van der Waals surface area contributed by atoms with Crippen molar-refractivity contribution >= 4 is 5.69 Å². The van der Waals surface area contributed by atoms with Crippen LogP contribution in [0.25, 0.3) is 0 Å². The van der Waals surface area contributed by atoms with Gasteiger partial charge in [-0.15, -0.1) is 0 Å². The fraction of sp³-hybridized carbons (Fsp3) is 0.0714. The number of rotatable bonds is 2. The quantitative estimate of drug-likeness (QED) is 0.821. The Bertz CT molecular complexity index is 632. The van der Waals surface area contributed by atoms with Crippen molar-refractivity contribution in [2.24, 2.45) is 0 Å². The molecule has 0 aliphatic heterocycles. The molecule has 0 aliphatic carbocycles. The zero-order valence-electron chi connectivity index (χ0n) is 9.77. The third-order valence-corrected chi connectivity index (χ3v) is 2.54. The topological polar surface area (TPSA) is 59.0 Å². The number of anilines is 1. The number of ether oxygens (including phenoxy) is 1. The first-order valence-electron chi connectivity index (χ1n) is 5.34. The molecule has 3 nitrogen and oxygen atoms in total. The number of hydrogen-bond acceptors (Lipinski definition) is 3. The lowest BCUT2D eigenvalue weighted by molar-refractivity contribution is 0.479. The highest BCUT2D eigenvalue weighted by Crippen LogP contribution is 2.27. The largest absolute Gasteiger partial charge is 0.456 e. The summed E-state index contributed by atoms with van der Waals surface area (Å²) in [4.78, 5) is 0. The number of aryl methyl sites for hydroxylation is 1. The van der Waals surface area contributed by atoms with Gasteiger partial charge in [0.2, 0.25) is 0 Å². The van der Waals surface area contributed by atoms with E-state index in [0.717, 1.165) is 11.6 Å². The summed E-state index contributed by atoms with van der Waals surface area (Å²) in [6.45, 7) is 1.89. The van der Waals surface area contributed by atoms with Crippen LogP contribution in [0.15, 0.2) is 36.4 Å². The second-order valence-electron chi connectivity index (χ2n) is 3.87. The Morgan fingerprint density at radius 1 is 1.22 bits per heavy atom. The van der Waals surface area contributed by atoms with Crippen LogP contribution in [0.1, 0.15) is 11.1 Å². The van der Waals surface area contributed by atoms with Gasteiger partial charge in [0.05, 0.1) is 5.56 Å². The molecule has 90 valence electrons. The van der Waals surface area contributed by atoms with Crippen LogP contribution in [0.4, 0.5) is 10.1 Å². The molecule has 0 bridgehead atoms. The molecule has 4 heteroatoms. The summed E-state index contributed by atoms with van der Waals surface area (Å²) in [5.74, 6) is 0.352. The number of halogens is 1. The van der Waals surface area contributed by atoms with Crippen LogP contribution >= 0.6 is 0 Å². The summed E-state index contributed by atoms with van der Waals surface area (Å²) in [7, 11) is 0. The summed E-state index contributed by atoms with van der Waals surface area (Å²) < 4.78 is 18.5. The van der Waals surface area contributed by atoms with Crippen LogP contribution in [0, 0.1) is 24.1 Å². The summed E-state index contributed by atoms with van der Waals surface area (Å²) in [5.41, 5.74) is 7.46. The predicted octanol–water partition coefficient (Wildman–Crippen LogP) is 3.38. The van der Waals surface area contributed by atoms with Crippen molar-refractivity contribution < 1.29 is 9.13 Å². The molecule has 0 unspecified atom stereocenters. The summed E-state index contributed by atoms with van der Waals surface area (Å²) in [6.07, 6.45) is 0. The first-order valence-corrected chi connectivity index (χ1v) is 5.34. The lowest BCUT2D eigenvalue weighted by atomic mass is 10.2. The van der Waals surface area contributed by atoms with Crippen LogP contribution < -0.4 is 10.5 Å². The molecule has 2 rings (SSSR count). The van der Waals surface area contributed by atoms with E-state index in [1.807, 2.05) is 19.1 Å². The van der Waals surface area contributed by atoms with E-state index < -0.39 is 5.82 Å². The molecule has 2 aromatic carbocycles. The fourth-order valence-electron chi connectivity index (χ4n) is 1.49. The predicted molar refractivity (Wildman–Crippen MR) is 66.8 cm³/mol.